The number of ether oxygens (including phenoxy) is 1. The van der Waals surface area contributed by atoms with Crippen molar-refractivity contribution in [3.63, 3.8) is 0 Å². The number of hydrogen-bond donors (Lipinski definition) is 0. The summed E-state index contributed by atoms with van der Waals surface area (Å²) in [4.78, 5) is 29.6. The zero-order valence-corrected chi connectivity index (χ0v) is 19.4. The lowest BCUT2D eigenvalue weighted by atomic mass is 10.0. The summed E-state index contributed by atoms with van der Waals surface area (Å²) in [6.45, 7) is 3.36. The Bertz CT molecular complexity index is 1210. The van der Waals surface area contributed by atoms with E-state index >= 15 is 0 Å². The Morgan fingerprint density at radius 2 is 1.79 bits per heavy atom. The summed E-state index contributed by atoms with van der Waals surface area (Å²) in [7, 11) is -3.63. The number of benzene rings is 2. The van der Waals surface area contributed by atoms with Crippen molar-refractivity contribution in [2.45, 2.75) is 37.1 Å². The number of fused-ring (bicyclic) bond motifs is 2. The Kier molecular flexibility index (Phi) is 5.72. The molecule has 2 amide bonds. The van der Waals surface area contributed by atoms with Gasteiger partial charge in [0.1, 0.15) is 6.54 Å². The topological polar surface area (TPSA) is 87.2 Å². The minimum absolute atomic E-state index is 0.0234. The van der Waals surface area contributed by atoms with E-state index in [1.54, 1.807) is 17.0 Å². The first kappa shape index (κ1) is 22.1. The van der Waals surface area contributed by atoms with Crippen LogP contribution < -0.4 is 9.80 Å². The average Bonchev–Trinajstić information content (AvgIpc) is 3.16. The molecule has 1 fully saturated rings. The summed E-state index contributed by atoms with van der Waals surface area (Å²) in [6, 6.07) is 12.7. The largest absolute Gasteiger partial charge is 0.379 e. The summed E-state index contributed by atoms with van der Waals surface area (Å²) in [6.07, 6.45) is 1.48. The molecule has 0 aliphatic carbocycles. The second kappa shape index (κ2) is 8.55. The minimum atomic E-state index is -3.63. The number of nitrogens with zero attached hydrogens (tertiary/aromatic N) is 3. The third-order valence-corrected chi connectivity index (χ3v) is 8.52. The Hall–Kier alpha value is -2.75. The third kappa shape index (κ3) is 3.94. The van der Waals surface area contributed by atoms with Gasteiger partial charge >= 0.3 is 0 Å². The second-order valence-electron chi connectivity index (χ2n) is 8.73. The van der Waals surface area contributed by atoms with E-state index in [1.165, 1.54) is 15.3 Å². The van der Waals surface area contributed by atoms with Crippen molar-refractivity contribution < 1.29 is 22.7 Å². The number of carbonyl (C=O) groups excluding carboxylic acids is 2. The lowest BCUT2D eigenvalue weighted by Crippen LogP contribution is -2.46. The molecule has 0 aromatic heterocycles. The van der Waals surface area contributed by atoms with Gasteiger partial charge in [0.2, 0.25) is 21.8 Å². The number of carbonyl (C=O) groups is 2. The van der Waals surface area contributed by atoms with Gasteiger partial charge in [0, 0.05) is 36.9 Å². The van der Waals surface area contributed by atoms with Gasteiger partial charge in [0.05, 0.1) is 18.1 Å². The van der Waals surface area contributed by atoms with E-state index in [9.17, 15) is 18.0 Å². The summed E-state index contributed by atoms with van der Waals surface area (Å²) in [5, 5.41) is 0. The molecular formula is C24H27N3O5S. The van der Waals surface area contributed by atoms with Gasteiger partial charge in [-0.05, 0) is 55.2 Å². The highest BCUT2D eigenvalue weighted by Crippen LogP contribution is 2.34. The molecule has 9 heteroatoms. The fourth-order valence-electron chi connectivity index (χ4n) is 4.96. The van der Waals surface area contributed by atoms with Crippen LogP contribution in [-0.2, 0) is 37.2 Å². The zero-order valence-electron chi connectivity index (χ0n) is 18.6. The first-order valence-electron chi connectivity index (χ1n) is 11.3. The number of aryl methyl sites for hydroxylation is 1. The zero-order chi connectivity index (χ0) is 23.2. The van der Waals surface area contributed by atoms with Gasteiger partial charge in [-0.15, -0.1) is 0 Å². The maximum absolute atomic E-state index is 13.3. The number of rotatable bonds is 4. The number of sulfonamides is 1. The summed E-state index contributed by atoms with van der Waals surface area (Å²) in [5.74, 6) is -0.265. The summed E-state index contributed by atoms with van der Waals surface area (Å²) < 4.78 is 32.8. The minimum Gasteiger partial charge on any atom is -0.379 e. The highest BCUT2D eigenvalue weighted by Gasteiger charge is 2.35. The molecule has 3 heterocycles. The van der Waals surface area contributed by atoms with Gasteiger partial charge in [-0.1, -0.05) is 18.2 Å². The maximum atomic E-state index is 13.3. The van der Waals surface area contributed by atoms with Gasteiger partial charge < -0.3 is 14.5 Å². The number of morpholine rings is 1. The molecule has 2 aromatic carbocycles. The van der Waals surface area contributed by atoms with E-state index in [2.05, 4.69) is 0 Å². The van der Waals surface area contributed by atoms with Gasteiger partial charge in [-0.3, -0.25) is 9.59 Å². The lowest BCUT2D eigenvalue weighted by Gasteiger charge is -2.32. The van der Waals surface area contributed by atoms with Crippen molar-refractivity contribution in [2.24, 2.45) is 0 Å². The van der Waals surface area contributed by atoms with Crippen molar-refractivity contribution in [3.05, 3.63) is 53.6 Å². The maximum Gasteiger partial charge on any atom is 0.247 e. The molecule has 2 aromatic rings. The van der Waals surface area contributed by atoms with Crippen LogP contribution in [0.15, 0.2) is 47.4 Å². The SMILES string of the molecule is CC1Cc2ccccc2N1C(=O)CN1C(=O)CCc2cc(S(=O)(=O)N3CCOCC3)ccc21. The van der Waals surface area contributed by atoms with E-state index in [0.29, 0.717) is 38.4 Å². The van der Waals surface area contributed by atoms with E-state index in [4.69, 9.17) is 4.74 Å². The van der Waals surface area contributed by atoms with Gasteiger partial charge in [-0.2, -0.15) is 4.31 Å². The molecule has 174 valence electrons. The van der Waals surface area contributed by atoms with Crippen LogP contribution in [0.1, 0.15) is 24.5 Å². The Labute approximate surface area is 193 Å². The predicted molar refractivity (Wildman–Crippen MR) is 124 cm³/mol. The highest BCUT2D eigenvalue weighted by molar-refractivity contribution is 7.89. The van der Waals surface area contributed by atoms with Crippen molar-refractivity contribution in [2.75, 3.05) is 42.6 Å². The van der Waals surface area contributed by atoms with Crippen LogP contribution in [0, 0.1) is 0 Å². The number of para-hydroxylation sites is 1. The molecule has 8 nitrogen and oxygen atoms in total. The van der Waals surface area contributed by atoms with Crippen LogP contribution in [0.2, 0.25) is 0 Å². The molecule has 1 saturated heterocycles. The Balaban J connectivity index is 1.41. The third-order valence-electron chi connectivity index (χ3n) is 6.63. The standard InChI is InChI=1S/C24H27N3O5S/c1-17-14-18-4-2-3-5-22(18)27(17)24(29)16-26-21-8-7-20(15-19(21)6-9-23(26)28)33(30,31)25-10-12-32-13-11-25/h2-5,7-8,15,17H,6,9-14,16H2,1H3. The molecule has 1 atom stereocenters. The molecule has 5 rings (SSSR count). The monoisotopic (exact) mass is 469 g/mol. The quantitative estimate of drug-likeness (QED) is 0.683. The Morgan fingerprint density at radius 3 is 2.58 bits per heavy atom. The molecule has 1 unspecified atom stereocenters. The van der Waals surface area contributed by atoms with Crippen LogP contribution in [0.4, 0.5) is 11.4 Å². The van der Waals surface area contributed by atoms with Crippen molar-refractivity contribution in [1.82, 2.24) is 4.31 Å². The van der Waals surface area contributed by atoms with Gasteiger partial charge in [-0.25, -0.2) is 8.42 Å². The van der Waals surface area contributed by atoms with E-state index < -0.39 is 10.0 Å². The second-order valence-corrected chi connectivity index (χ2v) is 10.7. The van der Waals surface area contributed by atoms with Crippen molar-refractivity contribution in [3.8, 4) is 0 Å². The van der Waals surface area contributed by atoms with E-state index in [1.807, 2.05) is 31.2 Å². The fraction of sp³-hybridized carbons (Fsp3) is 0.417. The Morgan fingerprint density at radius 1 is 1.03 bits per heavy atom. The fourth-order valence-corrected chi connectivity index (χ4v) is 6.42. The molecule has 0 saturated carbocycles. The number of hydrogen-bond acceptors (Lipinski definition) is 5. The molecular weight excluding hydrogens is 442 g/mol. The molecule has 3 aliphatic rings. The van der Waals surface area contributed by atoms with Crippen molar-refractivity contribution >= 4 is 33.2 Å². The predicted octanol–water partition coefficient (Wildman–Crippen LogP) is 1.96. The first-order valence-corrected chi connectivity index (χ1v) is 12.7. The molecule has 0 spiro atoms. The van der Waals surface area contributed by atoms with Gasteiger partial charge in [0.25, 0.3) is 0 Å². The van der Waals surface area contributed by atoms with E-state index in [0.717, 1.165) is 23.2 Å². The highest BCUT2D eigenvalue weighted by atomic mass is 32.2. The van der Waals surface area contributed by atoms with Crippen LogP contribution in [0.25, 0.3) is 0 Å². The summed E-state index contributed by atoms with van der Waals surface area (Å²) >= 11 is 0. The number of amides is 2. The summed E-state index contributed by atoms with van der Waals surface area (Å²) in [5.41, 5.74) is 3.40. The van der Waals surface area contributed by atoms with E-state index in [-0.39, 0.29) is 35.7 Å². The van der Waals surface area contributed by atoms with Crippen LogP contribution in [0.3, 0.4) is 0 Å². The van der Waals surface area contributed by atoms with Crippen LogP contribution in [-0.4, -0.2) is 63.4 Å². The van der Waals surface area contributed by atoms with Crippen molar-refractivity contribution in [1.29, 1.82) is 0 Å². The molecule has 33 heavy (non-hydrogen) atoms. The van der Waals surface area contributed by atoms with Crippen LogP contribution >= 0.6 is 0 Å². The molecule has 0 N–H and O–H groups in total. The van der Waals surface area contributed by atoms with Gasteiger partial charge in [0.15, 0.2) is 0 Å². The first-order chi connectivity index (χ1) is 15.9. The lowest BCUT2D eigenvalue weighted by molar-refractivity contribution is -0.122. The average molecular weight is 470 g/mol. The normalized spacial score (nSPS) is 21.1. The smallest absolute Gasteiger partial charge is 0.247 e. The molecule has 3 aliphatic heterocycles. The van der Waals surface area contributed by atoms with Crippen LogP contribution in [0.5, 0.6) is 0 Å². The molecule has 0 bridgehead atoms. The molecule has 0 radical (unpaired) electrons. The number of anilines is 2.